The van der Waals surface area contributed by atoms with Crippen molar-refractivity contribution in [2.45, 2.75) is 62.8 Å². The van der Waals surface area contributed by atoms with E-state index in [9.17, 15) is 0 Å². The molecule has 17 heavy (non-hydrogen) atoms. The quantitative estimate of drug-likeness (QED) is 0.840. The highest BCUT2D eigenvalue weighted by Gasteiger charge is 2.48. The van der Waals surface area contributed by atoms with Crippen molar-refractivity contribution in [1.29, 1.82) is 0 Å². The van der Waals surface area contributed by atoms with Crippen LogP contribution in [0.15, 0.2) is 24.3 Å². The summed E-state index contributed by atoms with van der Waals surface area (Å²) in [5.74, 6) is 0.808. The van der Waals surface area contributed by atoms with Gasteiger partial charge in [0.15, 0.2) is 0 Å². The molecule has 2 aliphatic carbocycles. The van der Waals surface area contributed by atoms with E-state index >= 15 is 0 Å². The molecule has 0 spiro atoms. The fraction of sp³-hybridized carbons (Fsp3) is 0.625. The molecule has 1 atom stereocenters. The second-order valence-electron chi connectivity index (χ2n) is 6.01. The average molecular weight is 229 g/mol. The molecule has 2 N–H and O–H groups in total. The van der Waals surface area contributed by atoms with Gasteiger partial charge in [-0.15, -0.1) is 0 Å². The number of benzene rings is 1. The summed E-state index contributed by atoms with van der Waals surface area (Å²) in [6.45, 7) is 2.18. The minimum absolute atomic E-state index is 0.296. The van der Waals surface area contributed by atoms with E-state index < -0.39 is 0 Å². The lowest BCUT2D eigenvalue weighted by Gasteiger charge is -2.25. The summed E-state index contributed by atoms with van der Waals surface area (Å²) >= 11 is 0. The summed E-state index contributed by atoms with van der Waals surface area (Å²) in [4.78, 5) is 0. The van der Waals surface area contributed by atoms with Crippen LogP contribution >= 0.6 is 0 Å². The minimum Gasteiger partial charge on any atom is -0.327 e. The van der Waals surface area contributed by atoms with E-state index in [1.165, 1.54) is 38.5 Å². The van der Waals surface area contributed by atoms with Crippen LogP contribution in [0.4, 0.5) is 0 Å². The maximum Gasteiger partial charge on any atom is 0.0108 e. The zero-order valence-corrected chi connectivity index (χ0v) is 10.8. The predicted octanol–water partition coefficient (Wildman–Crippen LogP) is 3.72. The van der Waals surface area contributed by atoms with Crippen LogP contribution in [-0.4, -0.2) is 6.04 Å². The molecule has 0 amide bonds. The number of nitrogens with two attached hydrogens (primary N) is 1. The summed E-state index contributed by atoms with van der Waals surface area (Å²) in [7, 11) is 0. The average Bonchev–Trinajstić information content (AvgIpc) is 2.98. The molecule has 0 aliphatic heterocycles. The fourth-order valence-electron chi connectivity index (χ4n) is 3.65. The third-order valence-electron chi connectivity index (χ3n) is 4.95. The summed E-state index contributed by atoms with van der Waals surface area (Å²) in [5.41, 5.74) is 9.73. The second-order valence-corrected chi connectivity index (χ2v) is 6.01. The van der Waals surface area contributed by atoms with Gasteiger partial charge in [-0.3, -0.25) is 0 Å². The summed E-state index contributed by atoms with van der Waals surface area (Å²) in [5, 5.41) is 0. The number of hydrogen-bond acceptors (Lipinski definition) is 1. The Morgan fingerprint density at radius 1 is 1.18 bits per heavy atom. The standard InChI is InChI=1S/C16H23N/c1-12(17)16(10-11-16)15-9-5-4-8-14(15)13-6-2-3-7-13/h4-5,8-9,12-13H,2-3,6-7,10-11,17H2,1H3. The molecule has 1 heteroatoms. The van der Waals surface area contributed by atoms with Gasteiger partial charge in [0.05, 0.1) is 0 Å². The fourth-order valence-corrected chi connectivity index (χ4v) is 3.65. The first kappa shape index (κ1) is 11.3. The molecular formula is C16H23N. The van der Waals surface area contributed by atoms with Crippen molar-refractivity contribution in [1.82, 2.24) is 0 Å². The maximum absolute atomic E-state index is 6.23. The van der Waals surface area contributed by atoms with Crippen molar-refractivity contribution in [3.05, 3.63) is 35.4 Å². The Morgan fingerprint density at radius 2 is 1.82 bits per heavy atom. The molecule has 0 bridgehead atoms. The van der Waals surface area contributed by atoms with E-state index in [4.69, 9.17) is 5.73 Å². The highest BCUT2D eigenvalue weighted by atomic mass is 14.7. The lowest BCUT2D eigenvalue weighted by atomic mass is 9.81. The van der Waals surface area contributed by atoms with Crippen LogP contribution in [0.3, 0.4) is 0 Å². The highest BCUT2D eigenvalue weighted by Crippen LogP contribution is 2.53. The van der Waals surface area contributed by atoms with E-state index in [-0.39, 0.29) is 0 Å². The first-order valence-electron chi connectivity index (χ1n) is 7.09. The Morgan fingerprint density at radius 3 is 2.41 bits per heavy atom. The largest absolute Gasteiger partial charge is 0.327 e. The zero-order valence-electron chi connectivity index (χ0n) is 10.8. The Kier molecular flexibility index (Phi) is 2.74. The van der Waals surface area contributed by atoms with Gasteiger partial charge in [-0.2, -0.15) is 0 Å². The van der Waals surface area contributed by atoms with Crippen molar-refractivity contribution in [3.8, 4) is 0 Å². The van der Waals surface area contributed by atoms with Gasteiger partial charge in [-0.05, 0) is 49.7 Å². The van der Waals surface area contributed by atoms with Crippen LogP contribution in [0.5, 0.6) is 0 Å². The van der Waals surface area contributed by atoms with Crippen LogP contribution in [0.1, 0.15) is 62.5 Å². The highest BCUT2D eigenvalue weighted by molar-refractivity contribution is 5.42. The molecule has 1 aromatic carbocycles. The molecule has 0 radical (unpaired) electrons. The summed E-state index contributed by atoms with van der Waals surface area (Å²) in [6, 6.07) is 9.38. The first-order chi connectivity index (χ1) is 8.24. The molecule has 0 heterocycles. The van der Waals surface area contributed by atoms with E-state index in [2.05, 4.69) is 31.2 Å². The molecule has 0 aromatic heterocycles. The van der Waals surface area contributed by atoms with Crippen LogP contribution in [0.2, 0.25) is 0 Å². The van der Waals surface area contributed by atoms with Crippen LogP contribution < -0.4 is 5.73 Å². The van der Waals surface area contributed by atoms with Gasteiger partial charge in [0.1, 0.15) is 0 Å². The molecule has 3 rings (SSSR count). The van der Waals surface area contributed by atoms with Crippen molar-refractivity contribution in [2.75, 3.05) is 0 Å². The van der Waals surface area contributed by atoms with E-state index in [0.717, 1.165) is 5.92 Å². The molecule has 1 nitrogen and oxygen atoms in total. The Labute approximate surface area is 104 Å². The normalized spacial score (nSPS) is 24.8. The van der Waals surface area contributed by atoms with Crippen LogP contribution in [0, 0.1) is 0 Å². The first-order valence-corrected chi connectivity index (χ1v) is 7.09. The van der Waals surface area contributed by atoms with Crippen LogP contribution in [0.25, 0.3) is 0 Å². The smallest absolute Gasteiger partial charge is 0.0108 e. The predicted molar refractivity (Wildman–Crippen MR) is 72.2 cm³/mol. The Balaban J connectivity index is 1.99. The second kappa shape index (κ2) is 4.13. The maximum atomic E-state index is 6.23. The molecule has 92 valence electrons. The zero-order chi connectivity index (χ0) is 11.9. The molecule has 2 saturated carbocycles. The van der Waals surface area contributed by atoms with E-state index in [0.29, 0.717) is 11.5 Å². The summed E-state index contributed by atoms with van der Waals surface area (Å²) in [6.07, 6.45) is 8.15. The van der Waals surface area contributed by atoms with Gasteiger partial charge in [0.2, 0.25) is 0 Å². The van der Waals surface area contributed by atoms with Gasteiger partial charge in [-0.25, -0.2) is 0 Å². The molecule has 0 saturated heterocycles. The Hall–Kier alpha value is -0.820. The van der Waals surface area contributed by atoms with Gasteiger partial charge < -0.3 is 5.73 Å². The van der Waals surface area contributed by atoms with Crippen molar-refractivity contribution < 1.29 is 0 Å². The van der Waals surface area contributed by atoms with Gasteiger partial charge in [-0.1, -0.05) is 37.1 Å². The third kappa shape index (κ3) is 1.81. The number of rotatable bonds is 3. The monoisotopic (exact) mass is 229 g/mol. The topological polar surface area (TPSA) is 26.0 Å². The third-order valence-corrected chi connectivity index (χ3v) is 4.95. The molecular weight excluding hydrogens is 206 g/mol. The minimum atomic E-state index is 0.296. The van der Waals surface area contributed by atoms with Crippen LogP contribution in [-0.2, 0) is 5.41 Å². The lowest BCUT2D eigenvalue weighted by molar-refractivity contribution is 0.544. The molecule has 1 aromatic rings. The summed E-state index contributed by atoms with van der Waals surface area (Å²) < 4.78 is 0. The van der Waals surface area contributed by atoms with Gasteiger partial charge in [0, 0.05) is 11.5 Å². The van der Waals surface area contributed by atoms with Crippen molar-refractivity contribution in [3.63, 3.8) is 0 Å². The van der Waals surface area contributed by atoms with Gasteiger partial charge >= 0.3 is 0 Å². The van der Waals surface area contributed by atoms with Crippen molar-refractivity contribution in [2.24, 2.45) is 5.73 Å². The van der Waals surface area contributed by atoms with E-state index in [1.807, 2.05) is 0 Å². The van der Waals surface area contributed by atoms with Crippen molar-refractivity contribution >= 4 is 0 Å². The van der Waals surface area contributed by atoms with Gasteiger partial charge in [0.25, 0.3) is 0 Å². The van der Waals surface area contributed by atoms with E-state index in [1.54, 1.807) is 11.1 Å². The molecule has 1 unspecified atom stereocenters. The number of hydrogen-bond donors (Lipinski definition) is 1. The lowest BCUT2D eigenvalue weighted by Crippen LogP contribution is -2.32. The molecule has 2 aliphatic rings. The Bertz CT molecular complexity index is 398. The molecule has 2 fully saturated rings. The SMILES string of the molecule is CC(N)C1(c2ccccc2C2CCCC2)CC1.